The molecule has 0 atom stereocenters. The van der Waals surface area contributed by atoms with Crippen molar-refractivity contribution in [3.05, 3.63) is 90.0 Å². The maximum absolute atomic E-state index is 12.9. The molecule has 3 aromatic rings. The Hall–Kier alpha value is -2.85. The highest BCUT2D eigenvalue weighted by Crippen LogP contribution is 2.37. The predicted molar refractivity (Wildman–Crippen MR) is 94.6 cm³/mol. The summed E-state index contributed by atoms with van der Waals surface area (Å²) in [5.74, 6) is -0.531. The molecule has 4 rings (SSSR count). The van der Waals surface area contributed by atoms with E-state index in [-0.39, 0.29) is 11.8 Å². The van der Waals surface area contributed by atoms with Gasteiger partial charge < -0.3 is 0 Å². The van der Waals surface area contributed by atoms with Crippen molar-refractivity contribution in [2.24, 2.45) is 0 Å². The fourth-order valence-electron chi connectivity index (χ4n) is 2.77. The van der Waals surface area contributed by atoms with Crippen molar-refractivity contribution in [2.45, 2.75) is 9.79 Å². The number of amides is 2. The van der Waals surface area contributed by atoms with Gasteiger partial charge in [0.05, 0.1) is 16.8 Å². The normalized spacial score (nSPS) is 13.2. The number of nitrogens with zero attached hydrogens (tertiary/aromatic N) is 1. The summed E-state index contributed by atoms with van der Waals surface area (Å²) in [4.78, 5) is 28.7. The first kappa shape index (κ1) is 14.7. The van der Waals surface area contributed by atoms with E-state index in [4.69, 9.17) is 0 Å². The Labute approximate surface area is 143 Å². The maximum atomic E-state index is 12.9. The summed E-state index contributed by atoms with van der Waals surface area (Å²) in [6.45, 7) is 0. The van der Waals surface area contributed by atoms with Crippen LogP contribution >= 0.6 is 11.8 Å². The number of para-hydroxylation sites is 1. The molecule has 0 unspecified atom stereocenters. The third-order valence-corrected chi connectivity index (χ3v) is 4.93. The first-order valence-electron chi connectivity index (χ1n) is 7.55. The SMILES string of the molecule is O=C1c2cccc(Sc3ccccc3)c2C(=O)N1c1ccccc1. The smallest absolute Gasteiger partial charge is 0.267 e. The molecule has 2 amide bonds. The quantitative estimate of drug-likeness (QED) is 0.656. The van der Waals surface area contributed by atoms with Gasteiger partial charge in [-0.2, -0.15) is 0 Å². The topological polar surface area (TPSA) is 37.4 Å². The van der Waals surface area contributed by atoms with E-state index in [9.17, 15) is 9.59 Å². The van der Waals surface area contributed by atoms with E-state index >= 15 is 0 Å². The number of rotatable bonds is 3. The molecule has 116 valence electrons. The summed E-state index contributed by atoms with van der Waals surface area (Å²) in [6.07, 6.45) is 0. The number of hydrogen-bond acceptors (Lipinski definition) is 3. The van der Waals surface area contributed by atoms with Crippen molar-refractivity contribution >= 4 is 29.3 Å². The lowest BCUT2D eigenvalue weighted by atomic mass is 10.1. The average Bonchev–Trinajstić information content (AvgIpc) is 2.88. The van der Waals surface area contributed by atoms with Gasteiger partial charge >= 0.3 is 0 Å². The van der Waals surface area contributed by atoms with Gasteiger partial charge in [0.1, 0.15) is 0 Å². The molecule has 0 fully saturated rings. The van der Waals surface area contributed by atoms with E-state index in [1.807, 2.05) is 60.7 Å². The van der Waals surface area contributed by atoms with Crippen LogP contribution in [0, 0.1) is 0 Å². The fraction of sp³-hybridized carbons (Fsp3) is 0. The van der Waals surface area contributed by atoms with Gasteiger partial charge in [0, 0.05) is 9.79 Å². The van der Waals surface area contributed by atoms with E-state index in [1.54, 1.807) is 18.2 Å². The van der Waals surface area contributed by atoms with Crippen LogP contribution in [-0.2, 0) is 0 Å². The predicted octanol–water partition coefficient (Wildman–Crippen LogP) is 4.64. The molecule has 1 aliphatic rings. The first-order chi connectivity index (χ1) is 11.8. The molecule has 0 saturated carbocycles. The van der Waals surface area contributed by atoms with Crippen LogP contribution in [0.4, 0.5) is 5.69 Å². The average molecular weight is 331 g/mol. The van der Waals surface area contributed by atoms with Crippen LogP contribution in [0.2, 0.25) is 0 Å². The molecule has 24 heavy (non-hydrogen) atoms. The third-order valence-electron chi connectivity index (χ3n) is 3.86. The lowest BCUT2D eigenvalue weighted by molar-refractivity contribution is 0.0925. The molecule has 3 aromatic carbocycles. The summed E-state index contributed by atoms with van der Waals surface area (Å²) >= 11 is 1.50. The first-order valence-corrected chi connectivity index (χ1v) is 8.37. The molecule has 0 radical (unpaired) electrons. The molecule has 0 bridgehead atoms. The van der Waals surface area contributed by atoms with E-state index in [0.717, 1.165) is 9.79 Å². The Balaban J connectivity index is 1.77. The summed E-state index contributed by atoms with van der Waals surface area (Å²) in [7, 11) is 0. The number of fused-ring (bicyclic) bond motifs is 1. The van der Waals surface area contributed by atoms with Gasteiger partial charge in [-0.15, -0.1) is 0 Å². The van der Waals surface area contributed by atoms with Gasteiger partial charge in [0.25, 0.3) is 11.8 Å². The van der Waals surface area contributed by atoms with Gasteiger partial charge in [0.15, 0.2) is 0 Å². The van der Waals surface area contributed by atoms with E-state index in [1.165, 1.54) is 16.7 Å². The van der Waals surface area contributed by atoms with Crippen molar-refractivity contribution in [2.75, 3.05) is 4.90 Å². The van der Waals surface area contributed by atoms with Crippen molar-refractivity contribution < 1.29 is 9.59 Å². The molecule has 0 spiro atoms. The maximum Gasteiger partial charge on any atom is 0.267 e. The molecule has 3 nitrogen and oxygen atoms in total. The van der Waals surface area contributed by atoms with Crippen LogP contribution in [-0.4, -0.2) is 11.8 Å². The van der Waals surface area contributed by atoms with Crippen molar-refractivity contribution in [1.82, 2.24) is 0 Å². The monoisotopic (exact) mass is 331 g/mol. The number of carbonyl (C=O) groups excluding carboxylic acids is 2. The summed E-state index contributed by atoms with van der Waals surface area (Å²) in [6, 6.07) is 24.3. The van der Waals surface area contributed by atoms with E-state index in [0.29, 0.717) is 16.8 Å². The largest absolute Gasteiger partial charge is 0.268 e. The lowest BCUT2D eigenvalue weighted by Crippen LogP contribution is -2.29. The second kappa shape index (κ2) is 5.98. The van der Waals surface area contributed by atoms with E-state index in [2.05, 4.69) is 0 Å². The van der Waals surface area contributed by atoms with Gasteiger partial charge in [-0.05, 0) is 36.4 Å². The highest BCUT2D eigenvalue weighted by molar-refractivity contribution is 7.99. The molecule has 0 N–H and O–H groups in total. The molecule has 4 heteroatoms. The minimum absolute atomic E-state index is 0.264. The lowest BCUT2D eigenvalue weighted by Gasteiger charge is -2.13. The summed E-state index contributed by atoms with van der Waals surface area (Å²) in [5.41, 5.74) is 1.55. The molecule has 1 aliphatic heterocycles. The number of benzene rings is 3. The zero-order chi connectivity index (χ0) is 16.5. The van der Waals surface area contributed by atoms with Gasteiger partial charge in [-0.3, -0.25) is 9.59 Å². The van der Waals surface area contributed by atoms with Crippen LogP contribution < -0.4 is 4.90 Å². The van der Waals surface area contributed by atoms with Gasteiger partial charge in [-0.1, -0.05) is 54.2 Å². The van der Waals surface area contributed by atoms with Crippen molar-refractivity contribution in [3.63, 3.8) is 0 Å². The Morgan fingerprint density at radius 1 is 0.667 bits per heavy atom. The molecular weight excluding hydrogens is 318 g/mol. The van der Waals surface area contributed by atoms with E-state index < -0.39 is 0 Å². The van der Waals surface area contributed by atoms with Crippen LogP contribution in [0.15, 0.2) is 88.7 Å². The molecule has 0 aromatic heterocycles. The van der Waals surface area contributed by atoms with Crippen LogP contribution in [0.25, 0.3) is 0 Å². The highest BCUT2D eigenvalue weighted by Gasteiger charge is 2.38. The summed E-state index contributed by atoms with van der Waals surface area (Å²) < 4.78 is 0. The van der Waals surface area contributed by atoms with Crippen molar-refractivity contribution in [1.29, 1.82) is 0 Å². The molecular formula is C20H13NO2S. The number of imide groups is 1. The molecule has 0 saturated heterocycles. The Kier molecular flexibility index (Phi) is 3.67. The Bertz CT molecular complexity index is 923. The number of anilines is 1. The standard InChI is InChI=1S/C20H13NO2S/c22-19-16-12-7-13-17(24-15-10-5-2-6-11-15)18(16)20(23)21(19)14-8-3-1-4-9-14/h1-13H. The Morgan fingerprint density at radius 3 is 2.04 bits per heavy atom. The minimum Gasteiger partial charge on any atom is -0.268 e. The van der Waals surface area contributed by atoms with Crippen molar-refractivity contribution in [3.8, 4) is 0 Å². The van der Waals surface area contributed by atoms with Gasteiger partial charge in [-0.25, -0.2) is 4.90 Å². The number of carbonyl (C=O) groups is 2. The second-order valence-electron chi connectivity index (χ2n) is 5.38. The molecule has 1 heterocycles. The molecule has 0 aliphatic carbocycles. The zero-order valence-electron chi connectivity index (χ0n) is 12.7. The second-order valence-corrected chi connectivity index (χ2v) is 6.49. The summed E-state index contributed by atoms with van der Waals surface area (Å²) in [5, 5.41) is 0. The fourth-order valence-corrected chi connectivity index (χ4v) is 3.76. The van der Waals surface area contributed by atoms with Crippen LogP contribution in [0.3, 0.4) is 0 Å². The number of hydrogen-bond donors (Lipinski definition) is 0. The third kappa shape index (κ3) is 2.41. The van der Waals surface area contributed by atoms with Crippen LogP contribution in [0.1, 0.15) is 20.7 Å². The highest BCUT2D eigenvalue weighted by atomic mass is 32.2. The van der Waals surface area contributed by atoms with Gasteiger partial charge in [0.2, 0.25) is 0 Å². The minimum atomic E-state index is -0.267. The zero-order valence-corrected chi connectivity index (χ0v) is 13.5. The Morgan fingerprint density at radius 2 is 1.33 bits per heavy atom. The van der Waals surface area contributed by atoms with Crippen LogP contribution in [0.5, 0.6) is 0 Å².